The van der Waals surface area contributed by atoms with Crippen molar-refractivity contribution < 1.29 is 27.4 Å². The van der Waals surface area contributed by atoms with E-state index in [1.165, 1.54) is 13.2 Å². The second-order valence-electron chi connectivity index (χ2n) is 9.97. The quantitative estimate of drug-likeness (QED) is 0.439. The molecule has 0 radical (unpaired) electrons. The van der Waals surface area contributed by atoms with Gasteiger partial charge < -0.3 is 25.0 Å². The maximum absolute atomic E-state index is 13.0. The third-order valence-electron chi connectivity index (χ3n) is 7.34. The zero-order valence-corrected chi connectivity index (χ0v) is 21.8. The number of ether oxygens (including phenoxy) is 2. The van der Waals surface area contributed by atoms with E-state index in [-0.39, 0.29) is 11.7 Å². The van der Waals surface area contributed by atoms with Gasteiger partial charge in [-0.1, -0.05) is 6.07 Å². The Kier molecular flexibility index (Phi) is 8.34. The van der Waals surface area contributed by atoms with E-state index >= 15 is 0 Å². The van der Waals surface area contributed by atoms with E-state index in [1.54, 1.807) is 12.1 Å². The molecule has 0 saturated carbocycles. The Morgan fingerprint density at radius 3 is 2.64 bits per heavy atom. The van der Waals surface area contributed by atoms with Crippen LogP contribution in [0.15, 0.2) is 36.5 Å². The van der Waals surface area contributed by atoms with Crippen molar-refractivity contribution >= 4 is 22.5 Å². The van der Waals surface area contributed by atoms with E-state index in [9.17, 15) is 18.0 Å². The standard InChI is InChI=1S/C27H33F3N6O3/c1-38-24-16-22-18(15-23(24)33-26(37)21-3-2-4-25(32-21)27(28,29)30)17-36(34-22)19-7-11-35(12-8-19)13-14-39-20-5-9-31-10-6-20/h2-4,15-17,19-20,31H,5-14H2,1H3,(H,33,37). The van der Waals surface area contributed by atoms with Gasteiger partial charge in [-0.15, -0.1) is 0 Å². The molecule has 0 aliphatic carbocycles. The molecule has 2 saturated heterocycles. The topological polar surface area (TPSA) is 93.5 Å². The lowest BCUT2D eigenvalue weighted by Crippen LogP contribution is -2.38. The third-order valence-corrected chi connectivity index (χ3v) is 7.34. The van der Waals surface area contributed by atoms with Gasteiger partial charge in [0.2, 0.25) is 0 Å². The van der Waals surface area contributed by atoms with Crippen molar-refractivity contribution in [1.29, 1.82) is 0 Å². The van der Waals surface area contributed by atoms with Crippen molar-refractivity contribution in [1.82, 2.24) is 25.0 Å². The summed E-state index contributed by atoms with van der Waals surface area (Å²) in [5.74, 6) is -0.403. The molecule has 3 aromatic rings. The van der Waals surface area contributed by atoms with E-state index in [1.807, 2.05) is 10.9 Å². The van der Waals surface area contributed by atoms with Crippen molar-refractivity contribution in [2.45, 2.75) is 44.0 Å². The second-order valence-corrected chi connectivity index (χ2v) is 9.97. The van der Waals surface area contributed by atoms with E-state index in [2.05, 4.69) is 20.5 Å². The number of amides is 1. The summed E-state index contributed by atoms with van der Waals surface area (Å²) in [5, 5.41) is 11.5. The minimum atomic E-state index is -4.64. The van der Waals surface area contributed by atoms with Crippen LogP contribution in [0.2, 0.25) is 0 Å². The fourth-order valence-electron chi connectivity index (χ4n) is 5.15. The number of fused-ring (bicyclic) bond motifs is 1. The molecule has 5 rings (SSSR count). The number of hydrogen-bond acceptors (Lipinski definition) is 7. The molecule has 2 aliphatic rings. The van der Waals surface area contributed by atoms with Gasteiger partial charge in [0.05, 0.1) is 37.1 Å². The molecule has 0 bridgehead atoms. The first kappa shape index (κ1) is 27.4. The summed E-state index contributed by atoms with van der Waals surface area (Å²) in [4.78, 5) is 18.6. The van der Waals surface area contributed by atoms with Gasteiger partial charge >= 0.3 is 6.18 Å². The molecule has 2 aromatic heterocycles. The number of pyridine rings is 1. The predicted molar refractivity (Wildman–Crippen MR) is 140 cm³/mol. The summed E-state index contributed by atoms with van der Waals surface area (Å²) in [5.41, 5.74) is -0.424. The molecule has 1 aromatic carbocycles. The van der Waals surface area contributed by atoms with Crippen molar-refractivity contribution in [3.8, 4) is 5.75 Å². The van der Waals surface area contributed by atoms with Crippen LogP contribution in [0.3, 0.4) is 0 Å². The van der Waals surface area contributed by atoms with Crippen LogP contribution in [0, 0.1) is 0 Å². The zero-order valence-electron chi connectivity index (χ0n) is 21.8. The SMILES string of the molecule is COc1cc2nn(C3CCN(CCOC4CCNCC4)CC3)cc2cc1NC(=O)c1cccc(C(F)(F)F)n1. The van der Waals surface area contributed by atoms with E-state index in [4.69, 9.17) is 14.6 Å². The van der Waals surface area contributed by atoms with Gasteiger partial charge in [0.15, 0.2) is 0 Å². The minimum absolute atomic E-state index is 0.248. The summed E-state index contributed by atoms with van der Waals surface area (Å²) in [7, 11) is 1.46. The molecule has 0 unspecified atom stereocenters. The highest BCUT2D eigenvalue weighted by Crippen LogP contribution is 2.32. The molecule has 0 spiro atoms. The Balaban J connectivity index is 1.21. The van der Waals surface area contributed by atoms with Crippen molar-refractivity contribution in [2.75, 3.05) is 51.8 Å². The van der Waals surface area contributed by atoms with E-state index in [0.29, 0.717) is 23.1 Å². The first-order chi connectivity index (χ1) is 18.8. The maximum atomic E-state index is 13.0. The lowest BCUT2D eigenvalue weighted by Gasteiger charge is -2.32. The predicted octanol–water partition coefficient (Wildman–Crippen LogP) is 4.12. The van der Waals surface area contributed by atoms with Gasteiger partial charge in [-0.25, -0.2) is 4.98 Å². The van der Waals surface area contributed by atoms with Gasteiger partial charge in [-0.2, -0.15) is 18.3 Å². The number of hydrogen-bond donors (Lipinski definition) is 2. The van der Waals surface area contributed by atoms with Crippen LogP contribution in [0.5, 0.6) is 5.75 Å². The molecule has 12 heteroatoms. The van der Waals surface area contributed by atoms with Crippen molar-refractivity contribution in [3.05, 3.63) is 47.9 Å². The first-order valence-electron chi connectivity index (χ1n) is 13.3. The van der Waals surface area contributed by atoms with Gasteiger partial charge in [-0.05, 0) is 57.0 Å². The van der Waals surface area contributed by atoms with Crippen LogP contribution in [0.25, 0.3) is 10.9 Å². The number of carbonyl (C=O) groups is 1. The summed E-state index contributed by atoms with van der Waals surface area (Å²) in [6.45, 7) is 5.67. The number of halogens is 3. The van der Waals surface area contributed by atoms with Crippen LogP contribution in [0.4, 0.5) is 18.9 Å². The van der Waals surface area contributed by atoms with Crippen LogP contribution in [-0.4, -0.2) is 78.1 Å². The summed E-state index contributed by atoms with van der Waals surface area (Å²) >= 11 is 0. The Bertz CT molecular complexity index is 1280. The van der Waals surface area contributed by atoms with Crippen molar-refractivity contribution in [3.63, 3.8) is 0 Å². The summed E-state index contributed by atoms with van der Waals surface area (Å²) in [6, 6.07) is 6.90. The highest BCUT2D eigenvalue weighted by molar-refractivity contribution is 6.05. The fourth-order valence-corrected chi connectivity index (χ4v) is 5.15. The molecule has 2 N–H and O–H groups in total. The highest BCUT2D eigenvalue weighted by Gasteiger charge is 2.33. The molecule has 9 nitrogen and oxygen atoms in total. The fraction of sp³-hybridized carbons (Fsp3) is 0.519. The molecule has 0 atom stereocenters. The maximum Gasteiger partial charge on any atom is 0.433 e. The lowest BCUT2D eigenvalue weighted by atomic mass is 10.1. The number of nitrogens with one attached hydrogen (secondary N) is 2. The number of methoxy groups -OCH3 is 1. The van der Waals surface area contributed by atoms with Crippen LogP contribution >= 0.6 is 0 Å². The second kappa shape index (κ2) is 11.9. The smallest absolute Gasteiger partial charge is 0.433 e. The van der Waals surface area contributed by atoms with Crippen LogP contribution in [0.1, 0.15) is 47.9 Å². The number of aromatic nitrogens is 3. The number of rotatable bonds is 8. The zero-order chi connectivity index (χ0) is 27.4. The average molecular weight is 547 g/mol. The molecule has 2 fully saturated rings. The molecule has 210 valence electrons. The molecular formula is C27H33F3N6O3. The Morgan fingerprint density at radius 2 is 1.92 bits per heavy atom. The van der Waals surface area contributed by atoms with E-state index in [0.717, 1.165) is 82.5 Å². The number of benzene rings is 1. The molecule has 39 heavy (non-hydrogen) atoms. The number of alkyl halides is 3. The van der Waals surface area contributed by atoms with E-state index < -0.39 is 17.8 Å². The number of nitrogens with zero attached hydrogens (tertiary/aromatic N) is 4. The van der Waals surface area contributed by atoms with Gasteiger partial charge in [0.1, 0.15) is 17.1 Å². The average Bonchev–Trinajstić information content (AvgIpc) is 3.36. The van der Waals surface area contributed by atoms with Gasteiger partial charge in [-0.3, -0.25) is 9.48 Å². The third kappa shape index (κ3) is 6.68. The number of anilines is 1. The van der Waals surface area contributed by atoms with Gasteiger partial charge in [0.25, 0.3) is 5.91 Å². The number of likely N-dealkylation sites (tertiary alicyclic amines) is 1. The molecule has 1 amide bonds. The number of carbonyl (C=O) groups excluding carboxylic acids is 1. The summed E-state index contributed by atoms with van der Waals surface area (Å²) < 4.78 is 52.5. The van der Waals surface area contributed by atoms with Crippen LogP contribution in [-0.2, 0) is 10.9 Å². The van der Waals surface area contributed by atoms with Gasteiger partial charge in [0, 0.05) is 37.3 Å². The molecule has 4 heterocycles. The Labute approximate surface area is 224 Å². The first-order valence-corrected chi connectivity index (χ1v) is 13.3. The largest absolute Gasteiger partial charge is 0.494 e. The highest BCUT2D eigenvalue weighted by atomic mass is 19.4. The van der Waals surface area contributed by atoms with Crippen LogP contribution < -0.4 is 15.4 Å². The Hall–Kier alpha value is -3.22. The Morgan fingerprint density at radius 1 is 1.15 bits per heavy atom. The monoisotopic (exact) mass is 546 g/mol. The molecular weight excluding hydrogens is 513 g/mol. The number of piperidine rings is 2. The molecule has 2 aliphatic heterocycles. The lowest BCUT2D eigenvalue weighted by molar-refractivity contribution is -0.141. The normalized spacial score (nSPS) is 17.9. The summed E-state index contributed by atoms with van der Waals surface area (Å²) in [6.07, 6.45) is 1.74. The minimum Gasteiger partial charge on any atom is -0.494 e. The van der Waals surface area contributed by atoms with Crippen molar-refractivity contribution in [2.24, 2.45) is 0 Å².